The number of fused-ring (bicyclic) bond motifs is 1. The van der Waals surface area contributed by atoms with Gasteiger partial charge in [-0.1, -0.05) is 24.6 Å². The molecule has 0 spiro atoms. The normalized spacial score (nSPS) is 13.2. The van der Waals surface area contributed by atoms with E-state index < -0.39 is 0 Å². The number of nitrogens with two attached hydrogens (primary N) is 1. The summed E-state index contributed by atoms with van der Waals surface area (Å²) in [7, 11) is 0. The lowest BCUT2D eigenvalue weighted by Crippen LogP contribution is -2.19. The maximum absolute atomic E-state index is 6.31. The van der Waals surface area contributed by atoms with Gasteiger partial charge in [-0.3, -0.25) is 4.40 Å². The summed E-state index contributed by atoms with van der Waals surface area (Å²) in [4.78, 5) is 4.49. The van der Waals surface area contributed by atoms with E-state index in [0.29, 0.717) is 5.15 Å². The maximum atomic E-state index is 6.31. The van der Waals surface area contributed by atoms with Gasteiger partial charge in [-0.25, -0.2) is 4.98 Å². The number of halogens is 1. The lowest BCUT2D eigenvalue weighted by atomic mass is 10.2. The smallest absolute Gasteiger partial charge is 0.138 e. The van der Waals surface area contributed by atoms with Gasteiger partial charge in [0.25, 0.3) is 0 Å². The molecule has 0 aromatic carbocycles. The Kier molecular flexibility index (Phi) is 3.17. The molecule has 2 aromatic rings. The van der Waals surface area contributed by atoms with Crippen LogP contribution in [-0.4, -0.2) is 15.4 Å². The highest BCUT2D eigenvalue weighted by molar-refractivity contribution is 6.30. The highest BCUT2D eigenvalue weighted by Crippen LogP contribution is 2.21. The monoisotopic (exact) mass is 237 g/mol. The molecule has 0 radical (unpaired) electrons. The van der Waals surface area contributed by atoms with Crippen LogP contribution in [0.5, 0.6) is 0 Å². The van der Waals surface area contributed by atoms with Crippen molar-refractivity contribution < 1.29 is 0 Å². The molecule has 4 heteroatoms. The minimum atomic E-state index is 0.120. The molecule has 0 fully saturated rings. The van der Waals surface area contributed by atoms with Crippen LogP contribution >= 0.6 is 11.6 Å². The van der Waals surface area contributed by atoms with Crippen molar-refractivity contribution in [3.8, 4) is 0 Å². The van der Waals surface area contributed by atoms with Crippen LogP contribution in [0, 0.1) is 0 Å². The molecule has 0 aliphatic heterocycles. The Bertz CT molecular complexity index is 502. The van der Waals surface area contributed by atoms with E-state index in [1.807, 2.05) is 29.5 Å². The van der Waals surface area contributed by atoms with Crippen molar-refractivity contribution >= 4 is 17.2 Å². The fourth-order valence-electron chi connectivity index (χ4n) is 1.88. The third kappa shape index (κ3) is 1.93. The summed E-state index contributed by atoms with van der Waals surface area (Å²) in [5.74, 6) is 0. The van der Waals surface area contributed by atoms with Crippen molar-refractivity contribution in [2.24, 2.45) is 5.73 Å². The second-order valence-corrected chi connectivity index (χ2v) is 4.45. The van der Waals surface area contributed by atoms with Gasteiger partial charge < -0.3 is 5.73 Å². The predicted octanol–water partition coefficient (Wildman–Crippen LogP) is 2.44. The molecule has 0 saturated heterocycles. The largest absolute Gasteiger partial charge is 0.328 e. The second kappa shape index (κ2) is 4.44. The molecule has 0 amide bonds. The van der Waals surface area contributed by atoms with Gasteiger partial charge in [0.2, 0.25) is 0 Å². The summed E-state index contributed by atoms with van der Waals surface area (Å²) in [6, 6.07) is 6.13. The molecule has 0 aliphatic rings. The van der Waals surface area contributed by atoms with Crippen LogP contribution in [0.4, 0.5) is 0 Å². The quantitative estimate of drug-likeness (QED) is 0.891. The van der Waals surface area contributed by atoms with Crippen LogP contribution in [0.15, 0.2) is 18.2 Å². The molecule has 0 aliphatic carbocycles. The number of nitrogens with zero attached hydrogens (tertiary/aromatic N) is 2. The molecule has 2 rings (SSSR count). The summed E-state index contributed by atoms with van der Waals surface area (Å²) in [5.41, 5.74) is 8.79. The Labute approximate surface area is 100 Å². The standard InChI is InChI=1S/C12H16ClN3/c1-3-10-12(13)16-9(7-8(2)14)5-4-6-11(16)15-10/h4-6,8H,3,7,14H2,1-2H3. The average molecular weight is 238 g/mol. The summed E-state index contributed by atoms with van der Waals surface area (Å²) in [6.45, 7) is 4.04. The van der Waals surface area contributed by atoms with E-state index in [1.54, 1.807) is 0 Å². The van der Waals surface area contributed by atoms with Gasteiger partial charge in [0.1, 0.15) is 10.8 Å². The SMILES string of the molecule is CCc1nc2cccc(CC(C)N)n2c1Cl. The summed E-state index contributed by atoms with van der Waals surface area (Å²) >= 11 is 6.31. The van der Waals surface area contributed by atoms with Crippen molar-refractivity contribution in [1.82, 2.24) is 9.38 Å². The van der Waals surface area contributed by atoms with Gasteiger partial charge in [0.15, 0.2) is 0 Å². The summed E-state index contributed by atoms with van der Waals surface area (Å²) < 4.78 is 1.99. The molecule has 16 heavy (non-hydrogen) atoms. The number of hydrogen-bond acceptors (Lipinski definition) is 2. The highest BCUT2D eigenvalue weighted by Gasteiger charge is 2.11. The Morgan fingerprint density at radius 2 is 2.25 bits per heavy atom. The minimum absolute atomic E-state index is 0.120. The average Bonchev–Trinajstić information content (AvgIpc) is 2.56. The van der Waals surface area contributed by atoms with Crippen LogP contribution in [-0.2, 0) is 12.8 Å². The molecule has 2 N–H and O–H groups in total. The zero-order chi connectivity index (χ0) is 11.7. The maximum Gasteiger partial charge on any atom is 0.138 e. The predicted molar refractivity (Wildman–Crippen MR) is 66.9 cm³/mol. The van der Waals surface area contributed by atoms with E-state index in [0.717, 1.165) is 29.9 Å². The van der Waals surface area contributed by atoms with Gasteiger partial charge in [-0.05, 0) is 25.5 Å². The minimum Gasteiger partial charge on any atom is -0.328 e. The van der Waals surface area contributed by atoms with Crippen LogP contribution in [0.2, 0.25) is 5.15 Å². The molecule has 2 aromatic heterocycles. The van der Waals surface area contributed by atoms with E-state index in [9.17, 15) is 0 Å². The second-order valence-electron chi connectivity index (χ2n) is 4.09. The molecule has 3 nitrogen and oxygen atoms in total. The van der Waals surface area contributed by atoms with Crippen LogP contribution < -0.4 is 5.73 Å². The fraction of sp³-hybridized carbons (Fsp3) is 0.417. The zero-order valence-electron chi connectivity index (χ0n) is 9.57. The third-order valence-electron chi connectivity index (χ3n) is 2.60. The van der Waals surface area contributed by atoms with Gasteiger partial charge in [0, 0.05) is 18.2 Å². The van der Waals surface area contributed by atoms with E-state index in [4.69, 9.17) is 17.3 Å². The van der Waals surface area contributed by atoms with Crippen molar-refractivity contribution in [2.45, 2.75) is 32.7 Å². The van der Waals surface area contributed by atoms with Crippen molar-refractivity contribution in [2.75, 3.05) is 0 Å². The summed E-state index contributed by atoms with van der Waals surface area (Å²) in [5, 5.41) is 0.716. The molecule has 0 saturated carbocycles. The first-order valence-corrected chi connectivity index (χ1v) is 5.91. The fourth-order valence-corrected chi connectivity index (χ4v) is 2.25. The third-order valence-corrected chi connectivity index (χ3v) is 2.99. The number of aryl methyl sites for hydroxylation is 1. The van der Waals surface area contributed by atoms with Gasteiger partial charge >= 0.3 is 0 Å². The van der Waals surface area contributed by atoms with E-state index in [-0.39, 0.29) is 6.04 Å². The number of aromatic nitrogens is 2. The van der Waals surface area contributed by atoms with Gasteiger partial charge in [-0.15, -0.1) is 0 Å². The lowest BCUT2D eigenvalue weighted by molar-refractivity contribution is 0.714. The Balaban J connectivity index is 2.61. The zero-order valence-corrected chi connectivity index (χ0v) is 10.3. The molecule has 1 unspecified atom stereocenters. The summed E-state index contributed by atoms with van der Waals surface area (Å²) in [6.07, 6.45) is 1.65. The van der Waals surface area contributed by atoms with E-state index in [1.165, 1.54) is 0 Å². The first-order valence-electron chi connectivity index (χ1n) is 5.53. The van der Waals surface area contributed by atoms with Crippen molar-refractivity contribution in [1.29, 1.82) is 0 Å². The van der Waals surface area contributed by atoms with Gasteiger partial charge in [0.05, 0.1) is 5.69 Å². The van der Waals surface area contributed by atoms with E-state index in [2.05, 4.69) is 11.9 Å². The first kappa shape index (κ1) is 11.4. The van der Waals surface area contributed by atoms with Crippen LogP contribution in [0.25, 0.3) is 5.65 Å². The van der Waals surface area contributed by atoms with Crippen LogP contribution in [0.1, 0.15) is 25.2 Å². The molecule has 1 atom stereocenters. The molecular formula is C12H16ClN3. The lowest BCUT2D eigenvalue weighted by Gasteiger charge is -2.08. The van der Waals surface area contributed by atoms with Crippen LogP contribution in [0.3, 0.4) is 0 Å². The molecule has 2 heterocycles. The molecule has 0 bridgehead atoms. The number of rotatable bonds is 3. The highest BCUT2D eigenvalue weighted by atomic mass is 35.5. The first-order chi connectivity index (χ1) is 7.63. The molecular weight excluding hydrogens is 222 g/mol. The Morgan fingerprint density at radius 3 is 2.88 bits per heavy atom. The number of hydrogen-bond donors (Lipinski definition) is 1. The van der Waals surface area contributed by atoms with Crippen molar-refractivity contribution in [3.63, 3.8) is 0 Å². The number of pyridine rings is 1. The van der Waals surface area contributed by atoms with Gasteiger partial charge in [-0.2, -0.15) is 0 Å². The van der Waals surface area contributed by atoms with Crippen molar-refractivity contribution in [3.05, 3.63) is 34.7 Å². The Morgan fingerprint density at radius 1 is 1.50 bits per heavy atom. The topological polar surface area (TPSA) is 43.3 Å². The van der Waals surface area contributed by atoms with E-state index >= 15 is 0 Å². The number of imidazole rings is 1. The molecule has 86 valence electrons. The Hall–Kier alpha value is -1.06.